The van der Waals surface area contributed by atoms with Crippen molar-refractivity contribution >= 4 is 16.6 Å². The van der Waals surface area contributed by atoms with Gasteiger partial charge in [0.15, 0.2) is 5.52 Å². The van der Waals surface area contributed by atoms with E-state index in [2.05, 4.69) is 4.98 Å². The number of nitro groups is 1. The molecule has 0 bridgehead atoms. The van der Waals surface area contributed by atoms with Crippen LogP contribution in [0.5, 0.6) is 5.75 Å². The Balaban J connectivity index is 2.01. The van der Waals surface area contributed by atoms with Crippen LogP contribution in [-0.2, 0) is 0 Å². The molecular weight excluding hydrogens is 246 g/mol. The van der Waals surface area contributed by atoms with Crippen LogP contribution in [-0.4, -0.2) is 22.1 Å². The molecule has 19 heavy (non-hydrogen) atoms. The van der Waals surface area contributed by atoms with Crippen molar-refractivity contribution in [1.82, 2.24) is 4.98 Å². The maximum Gasteiger partial charge on any atom is 0.295 e. The normalized spacial score (nSPS) is 21.9. The molecule has 6 heteroatoms. The van der Waals surface area contributed by atoms with Gasteiger partial charge < -0.3 is 10.5 Å². The molecule has 3 rings (SSSR count). The number of fused-ring (bicyclic) bond motifs is 1. The Morgan fingerprint density at radius 1 is 1.37 bits per heavy atom. The molecule has 1 aromatic heterocycles. The van der Waals surface area contributed by atoms with E-state index >= 15 is 0 Å². The molecule has 1 fully saturated rings. The number of nitrogens with zero attached hydrogens (tertiary/aromatic N) is 2. The average Bonchev–Trinajstić information content (AvgIpc) is 2.36. The number of ether oxygens (including phenoxy) is 1. The second kappa shape index (κ2) is 4.47. The molecule has 2 N–H and O–H groups in total. The number of aromatic nitrogens is 1. The van der Waals surface area contributed by atoms with Crippen LogP contribution in [0.2, 0.25) is 0 Å². The molecular formula is C13H13N3O3. The second-order valence-corrected chi connectivity index (χ2v) is 4.71. The molecule has 1 saturated carbocycles. The second-order valence-electron chi connectivity index (χ2n) is 4.71. The molecule has 0 spiro atoms. The van der Waals surface area contributed by atoms with Crippen molar-refractivity contribution in [1.29, 1.82) is 0 Å². The lowest BCUT2D eigenvalue weighted by atomic mass is 9.90. The lowest BCUT2D eigenvalue weighted by molar-refractivity contribution is -0.383. The Kier molecular flexibility index (Phi) is 2.79. The Hall–Kier alpha value is -2.21. The van der Waals surface area contributed by atoms with E-state index in [0.717, 1.165) is 12.8 Å². The van der Waals surface area contributed by atoms with E-state index in [1.54, 1.807) is 18.2 Å². The lowest BCUT2D eigenvalue weighted by Crippen LogP contribution is -2.43. The molecule has 0 amide bonds. The molecule has 0 atom stereocenters. The van der Waals surface area contributed by atoms with Crippen molar-refractivity contribution in [3.63, 3.8) is 0 Å². The highest BCUT2D eigenvalue weighted by Gasteiger charge is 2.28. The lowest BCUT2D eigenvalue weighted by Gasteiger charge is -2.32. The van der Waals surface area contributed by atoms with Gasteiger partial charge in [-0.1, -0.05) is 6.07 Å². The standard InChI is InChI=1S/C13H13N3O3/c14-8-6-9(7-8)19-12-4-5-15-13-10(12)2-1-3-11(13)16(17)18/h1-5,8-9H,6-7,14H2. The van der Waals surface area contributed by atoms with Gasteiger partial charge in [-0.15, -0.1) is 0 Å². The third-order valence-electron chi connectivity index (χ3n) is 3.33. The number of para-hydroxylation sites is 1. The number of hydrogen-bond acceptors (Lipinski definition) is 5. The van der Waals surface area contributed by atoms with E-state index in [0.29, 0.717) is 16.7 Å². The summed E-state index contributed by atoms with van der Waals surface area (Å²) in [5.74, 6) is 0.630. The van der Waals surface area contributed by atoms with Gasteiger partial charge in [0.1, 0.15) is 11.9 Å². The fraction of sp³-hybridized carbons (Fsp3) is 0.308. The number of nitrogens with two attached hydrogens (primary N) is 1. The summed E-state index contributed by atoms with van der Waals surface area (Å²) in [5, 5.41) is 11.6. The quantitative estimate of drug-likeness (QED) is 0.672. The number of rotatable bonds is 3. The molecule has 0 unspecified atom stereocenters. The zero-order chi connectivity index (χ0) is 13.4. The van der Waals surface area contributed by atoms with Crippen LogP contribution in [0.1, 0.15) is 12.8 Å². The van der Waals surface area contributed by atoms with E-state index < -0.39 is 4.92 Å². The number of hydrogen-bond donors (Lipinski definition) is 1. The summed E-state index contributed by atoms with van der Waals surface area (Å²) in [5.41, 5.74) is 6.07. The third-order valence-corrected chi connectivity index (χ3v) is 3.33. The van der Waals surface area contributed by atoms with Crippen LogP contribution in [0, 0.1) is 10.1 Å². The van der Waals surface area contributed by atoms with Gasteiger partial charge in [-0.25, -0.2) is 4.98 Å². The fourth-order valence-electron chi connectivity index (χ4n) is 2.27. The van der Waals surface area contributed by atoms with Crippen LogP contribution >= 0.6 is 0 Å². The molecule has 0 aliphatic heterocycles. The molecule has 1 aliphatic carbocycles. The Morgan fingerprint density at radius 3 is 2.84 bits per heavy atom. The van der Waals surface area contributed by atoms with Crippen molar-refractivity contribution < 1.29 is 9.66 Å². The summed E-state index contributed by atoms with van der Waals surface area (Å²) in [7, 11) is 0. The van der Waals surface area contributed by atoms with Crippen molar-refractivity contribution in [2.45, 2.75) is 25.0 Å². The first-order valence-corrected chi connectivity index (χ1v) is 6.09. The Bertz CT molecular complexity index is 638. The van der Waals surface area contributed by atoms with E-state index in [1.807, 2.05) is 0 Å². The van der Waals surface area contributed by atoms with Crippen LogP contribution in [0.4, 0.5) is 5.69 Å². The highest BCUT2D eigenvalue weighted by Crippen LogP contribution is 2.33. The zero-order valence-corrected chi connectivity index (χ0v) is 10.2. The topological polar surface area (TPSA) is 91.3 Å². The van der Waals surface area contributed by atoms with Gasteiger partial charge in [-0.3, -0.25) is 10.1 Å². The minimum Gasteiger partial charge on any atom is -0.490 e. The molecule has 98 valence electrons. The molecule has 1 heterocycles. The highest BCUT2D eigenvalue weighted by atomic mass is 16.6. The Morgan fingerprint density at radius 2 is 2.16 bits per heavy atom. The molecule has 1 aliphatic rings. The summed E-state index contributed by atoms with van der Waals surface area (Å²) in [4.78, 5) is 14.6. The molecule has 1 aromatic carbocycles. The Labute approximate surface area is 109 Å². The molecule has 0 radical (unpaired) electrons. The summed E-state index contributed by atoms with van der Waals surface area (Å²) in [6.07, 6.45) is 3.26. The predicted molar refractivity (Wildman–Crippen MR) is 70.0 cm³/mol. The van der Waals surface area contributed by atoms with Gasteiger partial charge in [0, 0.05) is 23.7 Å². The number of nitro benzene ring substituents is 1. The smallest absolute Gasteiger partial charge is 0.295 e. The SMILES string of the molecule is NC1CC(Oc2ccnc3c([N+](=O)[O-])cccc23)C1. The highest BCUT2D eigenvalue weighted by molar-refractivity contribution is 5.91. The van der Waals surface area contributed by atoms with Crippen molar-refractivity contribution in [2.24, 2.45) is 5.73 Å². The van der Waals surface area contributed by atoms with Crippen LogP contribution in [0.25, 0.3) is 10.9 Å². The van der Waals surface area contributed by atoms with Gasteiger partial charge in [-0.05, 0) is 25.0 Å². The first-order valence-electron chi connectivity index (χ1n) is 6.09. The fourth-order valence-corrected chi connectivity index (χ4v) is 2.27. The third kappa shape index (κ3) is 2.10. The van der Waals surface area contributed by atoms with Gasteiger partial charge in [0.05, 0.1) is 4.92 Å². The van der Waals surface area contributed by atoms with Crippen LogP contribution in [0.15, 0.2) is 30.5 Å². The van der Waals surface area contributed by atoms with Crippen molar-refractivity contribution in [3.8, 4) is 5.75 Å². The monoisotopic (exact) mass is 259 g/mol. The van der Waals surface area contributed by atoms with Crippen LogP contribution < -0.4 is 10.5 Å². The predicted octanol–water partition coefficient (Wildman–Crippen LogP) is 2.01. The van der Waals surface area contributed by atoms with Crippen molar-refractivity contribution in [2.75, 3.05) is 0 Å². The van der Waals surface area contributed by atoms with E-state index in [9.17, 15) is 10.1 Å². The summed E-state index contributed by atoms with van der Waals surface area (Å²) in [6, 6.07) is 6.80. The maximum absolute atomic E-state index is 11.0. The minimum absolute atomic E-state index is 0.00624. The number of pyridine rings is 1. The van der Waals surface area contributed by atoms with Gasteiger partial charge >= 0.3 is 0 Å². The van der Waals surface area contributed by atoms with Gasteiger partial charge in [0.25, 0.3) is 5.69 Å². The number of benzene rings is 1. The molecule has 6 nitrogen and oxygen atoms in total. The summed E-state index contributed by atoms with van der Waals surface area (Å²) in [6.45, 7) is 0. The average molecular weight is 259 g/mol. The number of non-ortho nitro benzene ring substituents is 1. The van der Waals surface area contributed by atoms with Crippen molar-refractivity contribution in [3.05, 3.63) is 40.6 Å². The minimum atomic E-state index is -0.432. The van der Waals surface area contributed by atoms with E-state index in [1.165, 1.54) is 12.3 Å². The van der Waals surface area contributed by atoms with E-state index in [-0.39, 0.29) is 17.8 Å². The van der Waals surface area contributed by atoms with Crippen LogP contribution in [0.3, 0.4) is 0 Å². The van der Waals surface area contributed by atoms with E-state index in [4.69, 9.17) is 10.5 Å². The zero-order valence-electron chi connectivity index (χ0n) is 10.2. The molecule has 2 aromatic rings. The maximum atomic E-state index is 11.0. The van der Waals surface area contributed by atoms with Gasteiger partial charge in [0.2, 0.25) is 0 Å². The first kappa shape index (κ1) is 11.9. The van der Waals surface area contributed by atoms with Gasteiger partial charge in [-0.2, -0.15) is 0 Å². The summed E-state index contributed by atoms with van der Waals surface area (Å²) < 4.78 is 5.83. The summed E-state index contributed by atoms with van der Waals surface area (Å²) >= 11 is 0. The molecule has 0 saturated heterocycles. The first-order chi connectivity index (χ1) is 9.15. The largest absolute Gasteiger partial charge is 0.490 e.